The molecule has 0 radical (unpaired) electrons. The van der Waals surface area contributed by atoms with Gasteiger partial charge in [0.05, 0.1) is 25.7 Å². The Morgan fingerprint density at radius 3 is 1.63 bits per heavy atom. The number of quaternary nitrogens is 1. The molecule has 0 saturated carbocycles. The van der Waals surface area contributed by atoms with Crippen LogP contribution in [0.15, 0.2) is 60.7 Å². The van der Waals surface area contributed by atoms with Gasteiger partial charge in [-0.15, -0.1) is 0 Å². The molecule has 2 aromatic rings. The van der Waals surface area contributed by atoms with Gasteiger partial charge in [0, 0.05) is 6.42 Å². The zero-order valence-electron chi connectivity index (χ0n) is 17.0. The number of nitrogens with two attached hydrogens (primary N) is 1. The number of rotatable bonds is 9. The van der Waals surface area contributed by atoms with Crippen LogP contribution >= 0.6 is 0 Å². The Bertz CT molecular complexity index is 657. The zero-order chi connectivity index (χ0) is 19.2. The highest BCUT2D eigenvalue weighted by molar-refractivity contribution is 5.90. The Morgan fingerprint density at radius 1 is 0.926 bits per heavy atom. The molecule has 0 heterocycles. The molecule has 0 aromatic heterocycles. The van der Waals surface area contributed by atoms with Crippen molar-refractivity contribution in [3.05, 3.63) is 71.8 Å². The second kappa shape index (κ2) is 10.0. The first-order valence-electron chi connectivity index (χ1n) is 9.69. The van der Waals surface area contributed by atoms with E-state index in [1.807, 2.05) is 60.7 Å². The van der Waals surface area contributed by atoms with E-state index in [0.717, 1.165) is 35.2 Å². The van der Waals surface area contributed by atoms with Gasteiger partial charge in [0.1, 0.15) is 5.41 Å². The predicted molar refractivity (Wildman–Crippen MR) is 109 cm³/mol. The minimum atomic E-state index is -0.800. The van der Waals surface area contributed by atoms with Crippen LogP contribution in [-0.4, -0.2) is 36.1 Å². The molecule has 2 aromatic carbocycles. The first kappa shape index (κ1) is 23.4. The standard InChI is InChI=1S/C23H32N2O.BrH/c1-5-25(6-2,19(3)4)18-17-23(22(24)26,20-13-9-7-10-14-20)21-15-11-8-12-16-21;/h7-16,19H,5-6,17-18H2,1-4H3,(H-,24,26);1H. The van der Waals surface area contributed by atoms with Crippen molar-refractivity contribution in [2.24, 2.45) is 5.73 Å². The van der Waals surface area contributed by atoms with Gasteiger partial charge in [-0.25, -0.2) is 0 Å². The smallest absolute Gasteiger partial charge is 0.232 e. The number of hydrogen-bond donors (Lipinski definition) is 1. The van der Waals surface area contributed by atoms with Gasteiger partial charge in [-0.2, -0.15) is 0 Å². The molecular weight excluding hydrogens is 400 g/mol. The van der Waals surface area contributed by atoms with Gasteiger partial charge in [0.25, 0.3) is 0 Å². The molecule has 4 heteroatoms. The maximum atomic E-state index is 12.9. The highest BCUT2D eigenvalue weighted by atomic mass is 79.9. The third kappa shape index (κ3) is 4.61. The van der Waals surface area contributed by atoms with Gasteiger partial charge in [0.2, 0.25) is 5.91 Å². The van der Waals surface area contributed by atoms with E-state index >= 15 is 0 Å². The number of hydrogen-bond acceptors (Lipinski definition) is 1. The lowest BCUT2D eigenvalue weighted by atomic mass is 9.71. The second-order valence-corrected chi connectivity index (χ2v) is 7.42. The van der Waals surface area contributed by atoms with Crippen molar-refractivity contribution in [3.8, 4) is 0 Å². The topological polar surface area (TPSA) is 43.1 Å². The minimum absolute atomic E-state index is 0. The van der Waals surface area contributed by atoms with Gasteiger partial charge in [-0.1, -0.05) is 60.7 Å². The maximum Gasteiger partial charge on any atom is 0.232 e. The lowest BCUT2D eigenvalue weighted by Crippen LogP contribution is -3.00. The number of carbonyl (C=O) groups excluding carboxylic acids is 1. The molecule has 2 N–H and O–H groups in total. The molecule has 0 spiro atoms. The van der Waals surface area contributed by atoms with Crippen molar-refractivity contribution in [2.45, 2.75) is 45.6 Å². The van der Waals surface area contributed by atoms with Crippen LogP contribution < -0.4 is 22.7 Å². The summed E-state index contributed by atoms with van der Waals surface area (Å²) in [4.78, 5) is 12.9. The number of primary amides is 1. The lowest BCUT2D eigenvalue weighted by molar-refractivity contribution is -0.945. The Kier molecular flexibility index (Phi) is 8.70. The van der Waals surface area contributed by atoms with Crippen LogP contribution in [0.3, 0.4) is 0 Å². The van der Waals surface area contributed by atoms with Gasteiger partial charge in [0.15, 0.2) is 0 Å². The van der Waals surface area contributed by atoms with Crippen LogP contribution in [0.4, 0.5) is 0 Å². The Morgan fingerprint density at radius 2 is 1.33 bits per heavy atom. The minimum Gasteiger partial charge on any atom is -1.00 e. The fraction of sp³-hybridized carbons (Fsp3) is 0.435. The Labute approximate surface area is 174 Å². The molecule has 0 unspecified atom stereocenters. The Balaban J connectivity index is 0.00000364. The summed E-state index contributed by atoms with van der Waals surface area (Å²) < 4.78 is 0.981. The first-order chi connectivity index (χ1) is 12.4. The van der Waals surface area contributed by atoms with Crippen molar-refractivity contribution in [1.82, 2.24) is 0 Å². The molecule has 27 heavy (non-hydrogen) atoms. The summed E-state index contributed by atoms with van der Waals surface area (Å²) in [7, 11) is 0. The van der Waals surface area contributed by atoms with E-state index in [1.54, 1.807) is 0 Å². The summed E-state index contributed by atoms with van der Waals surface area (Å²) in [6.07, 6.45) is 0.705. The van der Waals surface area contributed by atoms with Gasteiger partial charge in [-0.05, 0) is 38.8 Å². The summed E-state index contributed by atoms with van der Waals surface area (Å²) in [6.45, 7) is 12.0. The average Bonchev–Trinajstić information content (AvgIpc) is 2.67. The number of amides is 1. The van der Waals surface area contributed by atoms with Crippen molar-refractivity contribution in [3.63, 3.8) is 0 Å². The predicted octanol–water partition coefficient (Wildman–Crippen LogP) is 1.12. The van der Waals surface area contributed by atoms with Crippen molar-refractivity contribution in [1.29, 1.82) is 0 Å². The summed E-state index contributed by atoms with van der Waals surface area (Å²) in [6, 6.07) is 20.5. The van der Waals surface area contributed by atoms with Crippen molar-refractivity contribution >= 4 is 5.91 Å². The molecule has 0 saturated heterocycles. The summed E-state index contributed by atoms with van der Waals surface area (Å²) in [5.74, 6) is -0.274. The van der Waals surface area contributed by atoms with E-state index in [0.29, 0.717) is 12.5 Å². The largest absolute Gasteiger partial charge is 1.00 e. The monoisotopic (exact) mass is 432 g/mol. The fourth-order valence-corrected chi connectivity index (χ4v) is 4.23. The molecule has 0 fully saturated rings. The van der Waals surface area contributed by atoms with E-state index in [1.165, 1.54) is 0 Å². The number of nitrogens with zero attached hydrogens (tertiary/aromatic N) is 1. The van der Waals surface area contributed by atoms with E-state index in [9.17, 15) is 4.79 Å². The highest BCUT2D eigenvalue weighted by Gasteiger charge is 2.43. The van der Waals surface area contributed by atoms with Crippen LogP contribution in [0.5, 0.6) is 0 Å². The number of halogens is 1. The zero-order valence-corrected chi connectivity index (χ0v) is 18.6. The van der Waals surface area contributed by atoms with Gasteiger partial charge >= 0.3 is 0 Å². The third-order valence-electron chi connectivity index (χ3n) is 6.24. The second-order valence-electron chi connectivity index (χ2n) is 7.42. The van der Waals surface area contributed by atoms with E-state index in [4.69, 9.17) is 5.73 Å². The number of benzene rings is 2. The summed E-state index contributed by atoms with van der Waals surface area (Å²) >= 11 is 0. The molecule has 0 aliphatic carbocycles. The normalized spacial score (nSPS) is 11.9. The molecule has 2 rings (SSSR count). The van der Waals surface area contributed by atoms with E-state index in [2.05, 4.69) is 27.7 Å². The average molecular weight is 433 g/mol. The first-order valence-corrected chi connectivity index (χ1v) is 9.69. The van der Waals surface area contributed by atoms with E-state index < -0.39 is 5.41 Å². The van der Waals surface area contributed by atoms with Crippen LogP contribution in [0.25, 0.3) is 0 Å². The summed E-state index contributed by atoms with van der Waals surface area (Å²) in [5, 5.41) is 0. The molecule has 148 valence electrons. The molecule has 0 aliphatic heterocycles. The van der Waals surface area contributed by atoms with E-state index in [-0.39, 0.29) is 22.9 Å². The maximum absolute atomic E-state index is 12.9. The highest BCUT2D eigenvalue weighted by Crippen LogP contribution is 2.37. The molecular formula is C23H33BrN2O. The van der Waals surface area contributed by atoms with Gasteiger partial charge < -0.3 is 27.2 Å². The number of carbonyl (C=O) groups is 1. The van der Waals surface area contributed by atoms with Crippen molar-refractivity contribution < 1.29 is 26.3 Å². The van der Waals surface area contributed by atoms with Crippen LogP contribution in [0.1, 0.15) is 45.2 Å². The van der Waals surface area contributed by atoms with Crippen LogP contribution in [0, 0.1) is 0 Å². The summed E-state index contributed by atoms with van der Waals surface area (Å²) in [5.41, 5.74) is 7.24. The lowest BCUT2D eigenvalue weighted by Gasteiger charge is -2.43. The fourth-order valence-electron chi connectivity index (χ4n) is 4.23. The molecule has 1 amide bonds. The Hall–Kier alpha value is -1.65. The molecule has 3 nitrogen and oxygen atoms in total. The van der Waals surface area contributed by atoms with Crippen LogP contribution in [-0.2, 0) is 10.2 Å². The quantitative estimate of drug-likeness (QED) is 0.592. The SMILES string of the molecule is CC[N+](CC)(CCC(C(N)=O)(c1ccccc1)c1ccccc1)C(C)C.[Br-]. The van der Waals surface area contributed by atoms with Crippen LogP contribution in [0.2, 0.25) is 0 Å². The van der Waals surface area contributed by atoms with Gasteiger partial charge in [-0.3, -0.25) is 4.79 Å². The molecule has 0 aliphatic rings. The van der Waals surface area contributed by atoms with Crippen molar-refractivity contribution in [2.75, 3.05) is 19.6 Å². The molecule has 0 bridgehead atoms. The third-order valence-corrected chi connectivity index (χ3v) is 6.24. The molecule has 0 atom stereocenters.